The number of halogens is 1. The van der Waals surface area contributed by atoms with Crippen LogP contribution in [0.25, 0.3) is 0 Å². The molecule has 4 nitrogen and oxygen atoms in total. The lowest BCUT2D eigenvalue weighted by molar-refractivity contribution is 0.320. The van der Waals surface area contributed by atoms with E-state index < -0.39 is 0 Å². The first-order valence-electron chi connectivity index (χ1n) is 6.59. The Bertz CT molecular complexity index is 549. The van der Waals surface area contributed by atoms with Crippen LogP contribution in [0.1, 0.15) is 36.0 Å². The maximum Gasteiger partial charge on any atom is 0.231 e. The summed E-state index contributed by atoms with van der Waals surface area (Å²) in [5.74, 6) is 1.90. The Kier molecular flexibility index (Phi) is 3.94. The van der Waals surface area contributed by atoms with E-state index in [0.717, 1.165) is 35.7 Å². The number of hydrogen-bond acceptors (Lipinski definition) is 4. The third kappa shape index (κ3) is 3.04. The quantitative estimate of drug-likeness (QED) is 0.944. The standard InChI is InChI=1S/C14H16BrN3O/c15-12-6-2-1-4-10(12)8-13-17-14(19-18-13)11-5-3-7-16-9-11/h1-2,4,6,11,16H,3,5,7-9H2/t11-/m0/s1. The second-order valence-electron chi connectivity index (χ2n) is 4.86. The lowest BCUT2D eigenvalue weighted by Crippen LogP contribution is -2.28. The molecule has 1 aromatic heterocycles. The van der Waals surface area contributed by atoms with Gasteiger partial charge in [0.05, 0.1) is 5.92 Å². The summed E-state index contributed by atoms with van der Waals surface area (Å²) in [6.07, 6.45) is 3.00. The van der Waals surface area contributed by atoms with Crippen molar-refractivity contribution in [2.45, 2.75) is 25.2 Å². The minimum absolute atomic E-state index is 0.370. The molecule has 2 heterocycles. The Morgan fingerprint density at radius 2 is 2.26 bits per heavy atom. The first kappa shape index (κ1) is 12.8. The van der Waals surface area contributed by atoms with Crippen molar-refractivity contribution < 1.29 is 4.52 Å². The number of rotatable bonds is 3. The number of nitrogens with zero attached hydrogens (tertiary/aromatic N) is 2. The maximum absolute atomic E-state index is 5.40. The first-order valence-corrected chi connectivity index (χ1v) is 7.39. The van der Waals surface area contributed by atoms with Crippen molar-refractivity contribution in [1.29, 1.82) is 0 Å². The van der Waals surface area contributed by atoms with Crippen LogP contribution in [0.15, 0.2) is 33.3 Å². The first-order chi connectivity index (χ1) is 9.33. The zero-order valence-electron chi connectivity index (χ0n) is 10.6. The number of hydrogen-bond donors (Lipinski definition) is 1. The van der Waals surface area contributed by atoms with Crippen molar-refractivity contribution in [1.82, 2.24) is 15.5 Å². The molecular formula is C14H16BrN3O. The van der Waals surface area contributed by atoms with Gasteiger partial charge in [-0.3, -0.25) is 0 Å². The second-order valence-corrected chi connectivity index (χ2v) is 5.71. The number of nitrogens with one attached hydrogen (secondary N) is 1. The van der Waals surface area contributed by atoms with E-state index in [2.05, 4.69) is 37.5 Å². The highest BCUT2D eigenvalue weighted by Crippen LogP contribution is 2.23. The molecule has 1 atom stereocenters. The second kappa shape index (κ2) is 5.84. The molecule has 100 valence electrons. The van der Waals surface area contributed by atoms with E-state index >= 15 is 0 Å². The van der Waals surface area contributed by atoms with E-state index in [-0.39, 0.29) is 0 Å². The van der Waals surface area contributed by atoms with Crippen LogP contribution in [0.4, 0.5) is 0 Å². The van der Waals surface area contributed by atoms with Gasteiger partial charge < -0.3 is 9.84 Å². The zero-order chi connectivity index (χ0) is 13.1. The molecule has 0 unspecified atom stereocenters. The van der Waals surface area contributed by atoms with Gasteiger partial charge in [-0.15, -0.1) is 0 Å². The van der Waals surface area contributed by atoms with Gasteiger partial charge in [0.2, 0.25) is 5.89 Å². The Hall–Kier alpha value is -1.20. The average Bonchev–Trinajstić information content (AvgIpc) is 2.91. The molecule has 0 saturated carbocycles. The molecule has 0 bridgehead atoms. The largest absolute Gasteiger partial charge is 0.339 e. The van der Waals surface area contributed by atoms with Gasteiger partial charge >= 0.3 is 0 Å². The molecule has 2 aromatic rings. The summed E-state index contributed by atoms with van der Waals surface area (Å²) in [5.41, 5.74) is 1.18. The molecule has 19 heavy (non-hydrogen) atoms. The fourth-order valence-corrected chi connectivity index (χ4v) is 2.80. The molecule has 3 rings (SSSR count). The summed E-state index contributed by atoms with van der Waals surface area (Å²) in [6.45, 7) is 2.03. The Morgan fingerprint density at radius 1 is 1.37 bits per heavy atom. The molecule has 0 amide bonds. The molecule has 1 saturated heterocycles. The summed E-state index contributed by atoms with van der Waals surface area (Å²) < 4.78 is 6.48. The Morgan fingerprint density at radius 3 is 3.05 bits per heavy atom. The molecule has 1 fully saturated rings. The van der Waals surface area contributed by atoms with Gasteiger partial charge in [0.25, 0.3) is 0 Å². The summed E-state index contributed by atoms with van der Waals surface area (Å²) in [6, 6.07) is 8.12. The fourth-order valence-electron chi connectivity index (χ4n) is 2.38. The van der Waals surface area contributed by atoms with E-state index in [4.69, 9.17) is 4.52 Å². The highest BCUT2D eigenvalue weighted by atomic mass is 79.9. The highest BCUT2D eigenvalue weighted by molar-refractivity contribution is 9.10. The average molecular weight is 322 g/mol. The van der Waals surface area contributed by atoms with E-state index in [0.29, 0.717) is 12.3 Å². The molecule has 0 spiro atoms. The summed E-state index contributed by atoms with van der Waals surface area (Å²) >= 11 is 3.54. The summed E-state index contributed by atoms with van der Waals surface area (Å²) in [4.78, 5) is 4.53. The Labute approximate surface area is 120 Å². The molecular weight excluding hydrogens is 306 g/mol. The molecule has 1 aliphatic heterocycles. The van der Waals surface area contributed by atoms with Crippen LogP contribution in [-0.4, -0.2) is 23.2 Å². The lowest BCUT2D eigenvalue weighted by Gasteiger charge is -2.18. The normalized spacial score (nSPS) is 19.5. The van der Waals surface area contributed by atoms with Gasteiger partial charge in [-0.05, 0) is 31.0 Å². The van der Waals surface area contributed by atoms with Gasteiger partial charge in [-0.2, -0.15) is 4.98 Å². The van der Waals surface area contributed by atoms with Gasteiger partial charge in [0.1, 0.15) is 0 Å². The molecule has 5 heteroatoms. The van der Waals surface area contributed by atoms with Crippen LogP contribution in [-0.2, 0) is 6.42 Å². The van der Waals surface area contributed by atoms with Gasteiger partial charge in [-0.1, -0.05) is 39.3 Å². The van der Waals surface area contributed by atoms with Crippen molar-refractivity contribution in [3.8, 4) is 0 Å². The number of piperidine rings is 1. The summed E-state index contributed by atoms with van der Waals surface area (Å²) in [7, 11) is 0. The van der Waals surface area contributed by atoms with E-state index in [1.165, 1.54) is 12.0 Å². The van der Waals surface area contributed by atoms with Gasteiger partial charge in [0, 0.05) is 17.4 Å². The van der Waals surface area contributed by atoms with Crippen molar-refractivity contribution in [3.63, 3.8) is 0 Å². The topological polar surface area (TPSA) is 51.0 Å². The minimum atomic E-state index is 0.370. The molecule has 1 aliphatic rings. The van der Waals surface area contributed by atoms with Crippen LogP contribution >= 0.6 is 15.9 Å². The Balaban J connectivity index is 1.73. The zero-order valence-corrected chi connectivity index (χ0v) is 12.2. The SMILES string of the molecule is Brc1ccccc1Cc1noc([C@H]2CCCNC2)n1. The van der Waals surface area contributed by atoms with Crippen molar-refractivity contribution in [3.05, 3.63) is 46.0 Å². The smallest absolute Gasteiger partial charge is 0.231 e. The molecule has 0 aliphatic carbocycles. The van der Waals surface area contributed by atoms with E-state index in [1.807, 2.05) is 18.2 Å². The van der Waals surface area contributed by atoms with Gasteiger partial charge in [-0.25, -0.2) is 0 Å². The third-order valence-electron chi connectivity index (χ3n) is 3.44. The third-order valence-corrected chi connectivity index (χ3v) is 4.21. The monoisotopic (exact) mass is 321 g/mol. The van der Waals surface area contributed by atoms with Crippen LogP contribution in [0.2, 0.25) is 0 Å². The van der Waals surface area contributed by atoms with Crippen LogP contribution in [0, 0.1) is 0 Å². The van der Waals surface area contributed by atoms with Crippen molar-refractivity contribution in [2.24, 2.45) is 0 Å². The summed E-state index contributed by atoms with van der Waals surface area (Å²) in [5, 5.41) is 7.46. The molecule has 1 aromatic carbocycles. The van der Waals surface area contributed by atoms with E-state index in [1.54, 1.807) is 0 Å². The molecule has 0 radical (unpaired) electrons. The maximum atomic E-state index is 5.40. The predicted molar refractivity (Wildman–Crippen MR) is 76.1 cm³/mol. The number of benzene rings is 1. The van der Waals surface area contributed by atoms with Crippen LogP contribution in [0.5, 0.6) is 0 Å². The fraction of sp³-hybridized carbons (Fsp3) is 0.429. The van der Waals surface area contributed by atoms with Gasteiger partial charge in [0.15, 0.2) is 5.82 Å². The predicted octanol–water partition coefficient (Wildman–Crippen LogP) is 2.89. The van der Waals surface area contributed by atoms with Crippen LogP contribution < -0.4 is 5.32 Å². The lowest BCUT2D eigenvalue weighted by atomic mass is 10.00. The number of aromatic nitrogens is 2. The van der Waals surface area contributed by atoms with Crippen molar-refractivity contribution >= 4 is 15.9 Å². The molecule has 1 N–H and O–H groups in total. The highest BCUT2D eigenvalue weighted by Gasteiger charge is 2.21. The van der Waals surface area contributed by atoms with Crippen LogP contribution in [0.3, 0.4) is 0 Å². The minimum Gasteiger partial charge on any atom is -0.339 e. The van der Waals surface area contributed by atoms with E-state index in [9.17, 15) is 0 Å². The van der Waals surface area contributed by atoms with Crippen molar-refractivity contribution in [2.75, 3.05) is 13.1 Å².